The van der Waals surface area contributed by atoms with Crippen molar-refractivity contribution in [3.63, 3.8) is 0 Å². The van der Waals surface area contributed by atoms with E-state index in [1.165, 1.54) is 5.57 Å². The first kappa shape index (κ1) is 19.6. The van der Waals surface area contributed by atoms with E-state index < -0.39 is 0 Å². The third-order valence-corrected chi connectivity index (χ3v) is 5.93. The molecule has 0 aromatic carbocycles. The van der Waals surface area contributed by atoms with Crippen molar-refractivity contribution < 1.29 is 19.1 Å². The van der Waals surface area contributed by atoms with E-state index >= 15 is 0 Å². The summed E-state index contributed by atoms with van der Waals surface area (Å²) in [6, 6.07) is 0. The highest BCUT2D eigenvalue weighted by molar-refractivity contribution is 6.19. The molecule has 0 aromatic heterocycles. The summed E-state index contributed by atoms with van der Waals surface area (Å²) in [6.07, 6.45) is 7.37. The van der Waals surface area contributed by atoms with Gasteiger partial charge in [0.05, 0.1) is 5.92 Å². The zero-order valence-electron chi connectivity index (χ0n) is 16.9. The summed E-state index contributed by atoms with van der Waals surface area (Å²) in [5.74, 6) is -1.04. The highest BCUT2D eigenvalue weighted by Gasteiger charge is 2.61. The van der Waals surface area contributed by atoms with Crippen LogP contribution in [0.3, 0.4) is 0 Å². The monoisotopic (exact) mass is 371 g/mol. The Bertz CT molecular complexity index is 752. The maximum Gasteiger partial charge on any atom is 0.311 e. The van der Waals surface area contributed by atoms with Crippen LogP contribution in [0.4, 0.5) is 0 Å². The second-order valence-corrected chi connectivity index (χ2v) is 8.75. The second kappa shape index (κ2) is 7.10. The Hall–Kier alpha value is -2.17. The van der Waals surface area contributed by atoms with Gasteiger partial charge >= 0.3 is 5.97 Å². The number of amides is 2. The van der Waals surface area contributed by atoms with Crippen LogP contribution in [-0.4, -0.2) is 29.4 Å². The van der Waals surface area contributed by atoms with Gasteiger partial charge in [-0.1, -0.05) is 37.1 Å². The molecule has 146 valence electrons. The fourth-order valence-corrected chi connectivity index (χ4v) is 4.36. The number of ether oxygens (including phenoxy) is 1. The third-order valence-electron chi connectivity index (χ3n) is 5.93. The molecule has 0 saturated heterocycles. The van der Waals surface area contributed by atoms with Crippen molar-refractivity contribution in [3.8, 4) is 0 Å². The lowest BCUT2D eigenvalue weighted by Crippen LogP contribution is -2.35. The molecule has 1 fully saturated rings. The first-order chi connectivity index (χ1) is 12.6. The van der Waals surface area contributed by atoms with Gasteiger partial charge in [0.1, 0.15) is 0 Å². The van der Waals surface area contributed by atoms with Crippen LogP contribution in [0.2, 0.25) is 0 Å². The van der Waals surface area contributed by atoms with Crippen LogP contribution in [-0.2, 0) is 19.1 Å². The first-order valence-electron chi connectivity index (χ1n) is 9.72. The number of imide groups is 1. The molecule has 5 heteroatoms. The summed E-state index contributed by atoms with van der Waals surface area (Å²) in [7, 11) is 0. The molecule has 0 aromatic rings. The Balaban J connectivity index is 1.61. The van der Waals surface area contributed by atoms with Crippen molar-refractivity contribution in [3.05, 3.63) is 34.4 Å². The first-order valence-corrected chi connectivity index (χ1v) is 9.72. The number of esters is 1. The lowest BCUT2D eigenvalue weighted by Gasteiger charge is -2.15. The molecule has 1 aliphatic heterocycles. The van der Waals surface area contributed by atoms with Gasteiger partial charge < -0.3 is 4.74 Å². The Morgan fingerprint density at radius 3 is 2.19 bits per heavy atom. The number of allylic oxidation sites excluding steroid dienone is 4. The predicted octanol–water partition coefficient (Wildman–Crippen LogP) is 3.91. The van der Waals surface area contributed by atoms with E-state index in [1.807, 2.05) is 34.6 Å². The number of hydrogen-bond donors (Lipinski definition) is 0. The maximum atomic E-state index is 12.6. The summed E-state index contributed by atoms with van der Waals surface area (Å²) < 4.78 is 5.40. The fourth-order valence-electron chi connectivity index (χ4n) is 4.36. The molecule has 2 amide bonds. The Kier molecular flexibility index (Phi) is 5.15. The fraction of sp³-hybridized carbons (Fsp3) is 0.591. The number of nitrogens with zero attached hydrogens (tertiary/aromatic N) is 1. The van der Waals surface area contributed by atoms with Crippen LogP contribution in [0.25, 0.3) is 0 Å². The van der Waals surface area contributed by atoms with Crippen molar-refractivity contribution in [2.24, 2.45) is 17.3 Å². The zero-order chi connectivity index (χ0) is 19.9. The van der Waals surface area contributed by atoms with Crippen molar-refractivity contribution in [1.82, 2.24) is 4.90 Å². The minimum Gasteiger partial charge on any atom is -0.443 e. The van der Waals surface area contributed by atoms with Crippen molar-refractivity contribution in [1.29, 1.82) is 0 Å². The molecular weight excluding hydrogens is 342 g/mol. The molecule has 27 heavy (non-hydrogen) atoms. The van der Waals surface area contributed by atoms with Crippen LogP contribution in [0, 0.1) is 17.3 Å². The normalized spacial score (nSPS) is 26.9. The van der Waals surface area contributed by atoms with Gasteiger partial charge in [-0.3, -0.25) is 14.4 Å². The third kappa shape index (κ3) is 3.64. The van der Waals surface area contributed by atoms with Gasteiger partial charge in [0.15, 0.2) is 6.73 Å². The number of carbonyl (C=O) groups excluding carboxylic acids is 3. The number of hydrogen-bond acceptors (Lipinski definition) is 4. The molecule has 5 nitrogen and oxygen atoms in total. The van der Waals surface area contributed by atoms with E-state index in [9.17, 15) is 14.4 Å². The smallest absolute Gasteiger partial charge is 0.311 e. The quantitative estimate of drug-likeness (QED) is 0.417. The van der Waals surface area contributed by atoms with Crippen LogP contribution < -0.4 is 0 Å². The van der Waals surface area contributed by atoms with Gasteiger partial charge in [-0.25, -0.2) is 4.90 Å². The van der Waals surface area contributed by atoms with Crippen LogP contribution in [0.1, 0.15) is 60.3 Å². The van der Waals surface area contributed by atoms with Crippen molar-refractivity contribution in [2.75, 3.05) is 6.73 Å². The van der Waals surface area contributed by atoms with E-state index in [0.29, 0.717) is 24.0 Å². The SMILES string of the molecule is CC(C)=CC(C)=CC1C(C(=O)OCN2C(=O)C3=C(CCCC3)C2=O)C1(C)C. The average Bonchev–Trinajstić information content (AvgIpc) is 3.03. The highest BCUT2D eigenvalue weighted by Crippen LogP contribution is 2.59. The Labute approximate surface area is 161 Å². The molecule has 2 unspecified atom stereocenters. The lowest BCUT2D eigenvalue weighted by atomic mass is 9.93. The van der Waals surface area contributed by atoms with E-state index in [-0.39, 0.29) is 41.8 Å². The lowest BCUT2D eigenvalue weighted by molar-refractivity contribution is -0.156. The Morgan fingerprint density at radius 1 is 1.11 bits per heavy atom. The van der Waals surface area contributed by atoms with E-state index in [1.54, 1.807) is 0 Å². The molecule has 0 N–H and O–H groups in total. The van der Waals surface area contributed by atoms with Gasteiger partial charge in [0.2, 0.25) is 0 Å². The molecule has 0 radical (unpaired) electrons. The van der Waals surface area contributed by atoms with E-state index in [2.05, 4.69) is 12.2 Å². The molecule has 1 saturated carbocycles. The van der Waals surface area contributed by atoms with Gasteiger partial charge in [-0.2, -0.15) is 0 Å². The minimum atomic E-state index is -0.336. The molecular formula is C22H29NO4. The number of rotatable bonds is 5. The maximum absolute atomic E-state index is 12.6. The van der Waals surface area contributed by atoms with Crippen molar-refractivity contribution >= 4 is 17.8 Å². The summed E-state index contributed by atoms with van der Waals surface area (Å²) in [5, 5.41) is 0. The van der Waals surface area contributed by atoms with E-state index in [4.69, 9.17) is 4.74 Å². The van der Waals surface area contributed by atoms with Crippen LogP contribution in [0.15, 0.2) is 34.4 Å². The van der Waals surface area contributed by atoms with Crippen molar-refractivity contribution in [2.45, 2.75) is 60.3 Å². The summed E-state index contributed by atoms with van der Waals surface area (Å²) in [5.41, 5.74) is 3.40. The molecule has 2 atom stereocenters. The summed E-state index contributed by atoms with van der Waals surface area (Å²) in [6.45, 7) is 9.92. The molecule has 3 rings (SSSR count). The van der Waals surface area contributed by atoms with Crippen LogP contribution in [0.5, 0.6) is 0 Å². The Morgan fingerprint density at radius 2 is 1.67 bits per heavy atom. The largest absolute Gasteiger partial charge is 0.443 e. The number of carbonyl (C=O) groups is 3. The average molecular weight is 371 g/mol. The molecule has 0 spiro atoms. The van der Waals surface area contributed by atoms with Gasteiger partial charge in [0, 0.05) is 11.1 Å². The summed E-state index contributed by atoms with van der Waals surface area (Å²) in [4.78, 5) is 38.5. The molecule has 0 bridgehead atoms. The molecule has 2 aliphatic carbocycles. The summed E-state index contributed by atoms with van der Waals surface area (Å²) >= 11 is 0. The van der Waals surface area contributed by atoms with Crippen LogP contribution >= 0.6 is 0 Å². The zero-order valence-corrected chi connectivity index (χ0v) is 16.9. The van der Waals surface area contributed by atoms with Gasteiger partial charge in [-0.05, 0) is 57.8 Å². The second-order valence-electron chi connectivity index (χ2n) is 8.75. The minimum absolute atomic E-state index is 0.108. The molecule has 3 aliphatic rings. The standard InChI is InChI=1S/C22H29NO4/c1-13(2)10-14(3)11-17-18(22(17,4)5)21(26)27-12-23-19(24)15-8-6-7-9-16(15)20(23)25/h10-11,17-18H,6-9,12H2,1-5H3. The molecule has 1 heterocycles. The topological polar surface area (TPSA) is 63.7 Å². The van der Waals surface area contributed by atoms with E-state index in [0.717, 1.165) is 23.3 Å². The highest BCUT2D eigenvalue weighted by atomic mass is 16.5. The van der Waals surface area contributed by atoms with Gasteiger partial charge in [0.25, 0.3) is 11.8 Å². The van der Waals surface area contributed by atoms with Gasteiger partial charge in [-0.15, -0.1) is 0 Å². The predicted molar refractivity (Wildman–Crippen MR) is 102 cm³/mol.